The molecule has 1 aromatic carbocycles. The Morgan fingerprint density at radius 1 is 1.23 bits per heavy atom. The number of methoxy groups -OCH3 is 1. The third-order valence-electron chi connectivity index (χ3n) is 5.74. The van der Waals surface area contributed by atoms with Crippen LogP contribution in [0.2, 0.25) is 0 Å². The van der Waals surface area contributed by atoms with E-state index >= 15 is 0 Å². The van der Waals surface area contributed by atoms with E-state index in [1.54, 1.807) is 7.11 Å². The van der Waals surface area contributed by atoms with Gasteiger partial charge in [0.05, 0.1) is 6.61 Å². The molecule has 0 bridgehead atoms. The maximum Gasteiger partial charge on any atom is 0.315 e. The van der Waals surface area contributed by atoms with Gasteiger partial charge < -0.3 is 20.3 Å². The van der Waals surface area contributed by atoms with E-state index in [1.165, 1.54) is 0 Å². The topological polar surface area (TPSA) is 70.7 Å². The lowest BCUT2D eigenvalue weighted by atomic mass is 9.77. The van der Waals surface area contributed by atoms with Gasteiger partial charge >= 0.3 is 6.03 Å². The minimum atomic E-state index is -0.117. The minimum absolute atomic E-state index is 0.0195. The monoisotopic (exact) mass is 359 g/mol. The second kappa shape index (κ2) is 8.54. The fourth-order valence-corrected chi connectivity index (χ4v) is 4.25. The largest absolute Gasteiger partial charge is 0.383 e. The van der Waals surface area contributed by atoms with Crippen LogP contribution in [0.5, 0.6) is 0 Å². The number of hydrogen-bond acceptors (Lipinski definition) is 3. The number of amides is 3. The van der Waals surface area contributed by atoms with Crippen LogP contribution in [0.1, 0.15) is 44.1 Å². The Balaban J connectivity index is 1.46. The van der Waals surface area contributed by atoms with E-state index in [4.69, 9.17) is 4.74 Å². The average molecular weight is 359 g/mol. The number of hydrogen-bond donors (Lipinski definition) is 2. The smallest absolute Gasteiger partial charge is 0.315 e. The summed E-state index contributed by atoms with van der Waals surface area (Å²) in [5.74, 6) is 0.245. The number of nitrogens with zero attached hydrogens (tertiary/aromatic N) is 1. The molecule has 2 aliphatic rings. The van der Waals surface area contributed by atoms with Crippen LogP contribution < -0.4 is 10.6 Å². The van der Waals surface area contributed by atoms with Crippen LogP contribution in [0.25, 0.3) is 0 Å². The molecule has 1 heterocycles. The quantitative estimate of drug-likeness (QED) is 0.819. The molecule has 0 atom stereocenters. The lowest BCUT2D eigenvalue weighted by Gasteiger charge is -2.43. The zero-order chi connectivity index (χ0) is 18.4. The van der Waals surface area contributed by atoms with E-state index in [-0.39, 0.29) is 23.5 Å². The van der Waals surface area contributed by atoms with Crippen molar-refractivity contribution in [2.45, 2.75) is 56.7 Å². The molecule has 1 aliphatic heterocycles. The number of urea groups is 1. The van der Waals surface area contributed by atoms with Gasteiger partial charge in [-0.05, 0) is 37.7 Å². The number of likely N-dealkylation sites (tertiary alicyclic amines) is 1. The lowest BCUT2D eigenvalue weighted by Crippen LogP contribution is -2.53. The summed E-state index contributed by atoms with van der Waals surface area (Å²) in [6.45, 7) is 1.78. The second-order valence-electron chi connectivity index (χ2n) is 7.35. The molecule has 0 radical (unpaired) electrons. The summed E-state index contributed by atoms with van der Waals surface area (Å²) in [6.07, 6.45) is 5.30. The lowest BCUT2D eigenvalue weighted by molar-refractivity contribution is -0.133. The first kappa shape index (κ1) is 18.7. The fraction of sp³-hybridized carbons (Fsp3) is 0.600. The zero-order valence-corrected chi connectivity index (χ0v) is 15.5. The highest BCUT2D eigenvalue weighted by atomic mass is 16.5. The Morgan fingerprint density at radius 3 is 2.65 bits per heavy atom. The molecule has 2 fully saturated rings. The van der Waals surface area contributed by atoms with E-state index in [0.29, 0.717) is 26.1 Å². The maximum atomic E-state index is 12.2. The van der Waals surface area contributed by atoms with Crippen LogP contribution in [0.3, 0.4) is 0 Å². The van der Waals surface area contributed by atoms with Crippen molar-refractivity contribution in [1.29, 1.82) is 0 Å². The van der Waals surface area contributed by atoms with Gasteiger partial charge in [0.25, 0.3) is 0 Å². The Morgan fingerprint density at radius 2 is 1.96 bits per heavy atom. The Hall–Kier alpha value is -2.08. The highest BCUT2D eigenvalue weighted by molar-refractivity contribution is 5.79. The van der Waals surface area contributed by atoms with Gasteiger partial charge in [0, 0.05) is 38.2 Å². The summed E-state index contributed by atoms with van der Waals surface area (Å²) in [5.41, 5.74) is 1.07. The van der Waals surface area contributed by atoms with Gasteiger partial charge in [-0.3, -0.25) is 4.79 Å². The van der Waals surface area contributed by atoms with E-state index < -0.39 is 0 Å². The van der Waals surface area contributed by atoms with Crippen LogP contribution in [-0.2, 0) is 16.1 Å². The summed E-state index contributed by atoms with van der Waals surface area (Å²) in [6, 6.07) is 9.95. The first-order valence-electron chi connectivity index (χ1n) is 9.51. The Labute approximate surface area is 155 Å². The molecule has 1 saturated carbocycles. The fourth-order valence-electron chi connectivity index (χ4n) is 4.25. The van der Waals surface area contributed by atoms with Gasteiger partial charge in [-0.25, -0.2) is 4.79 Å². The first-order valence-corrected chi connectivity index (χ1v) is 9.51. The minimum Gasteiger partial charge on any atom is -0.383 e. The molecule has 26 heavy (non-hydrogen) atoms. The third-order valence-corrected chi connectivity index (χ3v) is 5.74. The maximum absolute atomic E-state index is 12.2. The SMILES string of the molecule is COCCN1C(=O)CCC12CCC(NC(=O)NCc1ccccc1)CC2. The predicted molar refractivity (Wildman–Crippen MR) is 99.6 cm³/mol. The standard InChI is InChI=1S/C20H29N3O3/c1-26-14-13-23-18(24)9-12-20(23)10-7-17(8-11-20)22-19(25)21-15-16-5-3-2-4-6-16/h2-6,17H,7-15H2,1H3,(H2,21,22,25). The van der Waals surface area contributed by atoms with E-state index in [9.17, 15) is 9.59 Å². The van der Waals surface area contributed by atoms with Gasteiger partial charge in [-0.2, -0.15) is 0 Å². The number of carbonyl (C=O) groups excluding carboxylic acids is 2. The summed E-state index contributed by atoms with van der Waals surface area (Å²) >= 11 is 0. The normalized spacial score (nSPS) is 25.5. The van der Waals surface area contributed by atoms with Gasteiger partial charge in [-0.15, -0.1) is 0 Å². The number of ether oxygens (including phenoxy) is 1. The molecule has 142 valence electrons. The zero-order valence-electron chi connectivity index (χ0n) is 15.5. The van der Waals surface area contributed by atoms with Gasteiger partial charge in [-0.1, -0.05) is 30.3 Å². The van der Waals surface area contributed by atoms with E-state index in [1.807, 2.05) is 35.2 Å². The number of rotatable bonds is 6. The highest BCUT2D eigenvalue weighted by Gasteiger charge is 2.46. The number of benzene rings is 1. The molecule has 1 spiro atoms. The van der Waals surface area contributed by atoms with Gasteiger partial charge in [0.1, 0.15) is 0 Å². The first-order chi connectivity index (χ1) is 12.6. The molecule has 3 amide bonds. The van der Waals surface area contributed by atoms with Crippen molar-refractivity contribution < 1.29 is 14.3 Å². The molecule has 1 saturated heterocycles. The number of carbonyl (C=O) groups is 2. The van der Waals surface area contributed by atoms with E-state index in [0.717, 1.165) is 37.7 Å². The van der Waals surface area contributed by atoms with E-state index in [2.05, 4.69) is 10.6 Å². The summed E-state index contributed by atoms with van der Waals surface area (Å²) in [7, 11) is 1.67. The van der Waals surface area contributed by atoms with Crippen LogP contribution in [0.4, 0.5) is 4.79 Å². The van der Waals surface area contributed by atoms with Gasteiger partial charge in [0.15, 0.2) is 0 Å². The van der Waals surface area contributed by atoms with Crippen LogP contribution in [0.15, 0.2) is 30.3 Å². The van der Waals surface area contributed by atoms with Crippen LogP contribution in [-0.4, -0.2) is 48.7 Å². The average Bonchev–Trinajstić information content (AvgIpc) is 2.97. The van der Waals surface area contributed by atoms with Crippen molar-refractivity contribution >= 4 is 11.9 Å². The summed E-state index contributed by atoms with van der Waals surface area (Å²) < 4.78 is 5.16. The molecular weight excluding hydrogens is 330 g/mol. The Bertz CT molecular complexity index is 612. The van der Waals surface area contributed by atoms with Crippen molar-refractivity contribution in [1.82, 2.24) is 15.5 Å². The molecule has 2 N–H and O–H groups in total. The molecule has 1 aromatic rings. The van der Waals surface area contributed by atoms with Crippen molar-refractivity contribution in [2.24, 2.45) is 0 Å². The second-order valence-corrected chi connectivity index (χ2v) is 7.35. The van der Waals surface area contributed by atoms with Crippen molar-refractivity contribution in [3.8, 4) is 0 Å². The summed E-state index contributed by atoms with van der Waals surface area (Å²) in [5, 5.41) is 6.01. The van der Waals surface area contributed by atoms with Crippen LogP contribution in [0, 0.1) is 0 Å². The molecular formula is C20H29N3O3. The summed E-state index contributed by atoms with van der Waals surface area (Å²) in [4.78, 5) is 26.4. The van der Waals surface area contributed by atoms with Gasteiger partial charge in [0.2, 0.25) is 5.91 Å². The number of nitrogens with one attached hydrogen (secondary N) is 2. The molecule has 6 nitrogen and oxygen atoms in total. The molecule has 6 heteroatoms. The Kier molecular flexibility index (Phi) is 6.14. The molecule has 3 rings (SSSR count). The highest BCUT2D eigenvalue weighted by Crippen LogP contribution is 2.42. The molecule has 1 aliphatic carbocycles. The van der Waals surface area contributed by atoms with Crippen LogP contribution >= 0.6 is 0 Å². The van der Waals surface area contributed by atoms with Crippen molar-refractivity contribution in [3.05, 3.63) is 35.9 Å². The third kappa shape index (κ3) is 4.36. The van der Waals surface area contributed by atoms with Crippen molar-refractivity contribution in [3.63, 3.8) is 0 Å². The predicted octanol–water partition coefficient (Wildman–Crippen LogP) is 2.44. The molecule has 0 aromatic heterocycles. The van der Waals surface area contributed by atoms with Crippen molar-refractivity contribution in [2.75, 3.05) is 20.3 Å². The molecule has 0 unspecified atom stereocenters.